The van der Waals surface area contributed by atoms with Crippen LogP contribution in [0.15, 0.2) is 99.8 Å². The van der Waals surface area contributed by atoms with Crippen LogP contribution in [0.1, 0.15) is 5.76 Å². The average Bonchev–Trinajstić information content (AvgIpc) is 3.51. The number of nitrogens with zero attached hydrogens (tertiary/aromatic N) is 1. The Hall–Kier alpha value is -4.20. The van der Waals surface area contributed by atoms with Crippen LogP contribution in [0.3, 0.4) is 0 Å². The van der Waals surface area contributed by atoms with Gasteiger partial charge in [-0.15, -0.1) is 0 Å². The van der Waals surface area contributed by atoms with Crippen LogP contribution in [0, 0.1) is 0 Å². The number of halogens is 1. The summed E-state index contributed by atoms with van der Waals surface area (Å²) in [6, 6.07) is 25.9. The molecule has 8 heteroatoms. The highest BCUT2D eigenvalue weighted by Crippen LogP contribution is 2.26. The molecule has 0 aliphatic rings. The summed E-state index contributed by atoms with van der Waals surface area (Å²) >= 11 is 11.2. The fraction of sp³-hybridized carbons (Fsp3) is 0. The van der Waals surface area contributed by atoms with Crippen LogP contribution in [-0.2, 0) is 4.79 Å². The van der Waals surface area contributed by atoms with Crippen LogP contribution in [0.25, 0.3) is 40.0 Å². The standard InChI is InChI=1S/C27H18ClN3O3S/c28-19-9-5-17(6-10-19)23-15-13-21(33-23)14-16-25(32)31-27(35)29-20-11-7-18(8-12-20)26-30-22-3-1-2-4-24(22)34-26/h1-16H,(H2,29,31,32,35). The molecule has 0 saturated heterocycles. The number of amides is 1. The van der Waals surface area contributed by atoms with Gasteiger partial charge in [-0.25, -0.2) is 4.98 Å². The Labute approximate surface area is 211 Å². The summed E-state index contributed by atoms with van der Waals surface area (Å²) in [5.41, 5.74) is 3.99. The summed E-state index contributed by atoms with van der Waals surface area (Å²) in [4.78, 5) is 16.7. The number of benzene rings is 3. The minimum absolute atomic E-state index is 0.176. The molecule has 0 aliphatic heterocycles. The second-order valence-corrected chi connectivity index (χ2v) is 8.39. The van der Waals surface area contributed by atoms with E-state index in [0.717, 1.165) is 27.9 Å². The van der Waals surface area contributed by atoms with E-state index in [-0.39, 0.29) is 11.0 Å². The summed E-state index contributed by atoms with van der Waals surface area (Å²) in [5.74, 6) is 1.38. The molecule has 0 radical (unpaired) electrons. The van der Waals surface area contributed by atoms with Gasteiger partial charge in [0, 0.05) is 27.9 Å². The molecule has 0 bridgehead atoms. The van der Waals surface area contributed by atoms with E-state index in [4.69, 9.17) is 32.7 Å². The highest BCUT2D eigenvalue weighted by Gasteiger charge is 2.09. The number of rotatable bonds is 5. The highest BCUT2D eigenvalue weighted by atomic mass is 35.5. The molecule has 172 valence electrons. The van der Waals surface area contributed by atoms with Gasteiger partial charge in [-0.2, -0.15) is 0 Å². The van der Waals surface area contributed by atoms with Gasteiger partial charge in [-0.05, 0) is 91.1 Å². The van der Waals surface area contributed by atoms with E-state index in [9.17, 15) is 4.79 Å². The predicted octanol–water partition coefficient (Wildman–Crippen LogP) is 6.93. The Bertz CT molecular complexity index is 1500. The first-order chi connectivity index (χ1) is 17.0. The number of aromatic nitrogens is 1. The van der Waals surface area contributed by atoms with Gasteiger partial charge in [0.05, 0.1) is 0 Å². The quantitative estimate of drug-likeness (QED) is 0.201. The third kappa shape index (κ3) is 5.48. The van der Waals surface area contributed by atoms with E-state index < -0.39 is 0 Å². The number of oxazole rings is 1. The molecular formula is C27H18ClN3O3S. The molecule has 0 fully saturated rings. The summed E-state index contributed by atoms with van der Waals surface area (Å²) in [7, 11) is 0. The molecule has 0 unspecified atom stereocenters. The lowest BCUT2D eigenvalue weighted by Gasteiger charge is -2.08. The summed E-state index contributed by atoms with van der Waals surface area (Å²) in [6.45, 7) is 0. The number of thiocarbonyl (C=S) groups is 1. The van der Waals surface area contributed by atoms with Gasteiger partial charge < -0.3 is 14.2 Å². The van der Waals surface area contributed by atoms with E-state index >= 15 is 0 Å². The number of furan rings is 1. The van der Waals surface area contributed by atoms with Gasteiger partial charge >= 0.3 is 0 Å². The topological polar surface area (TPSA) is 80.3 Å². The zero-order valence-corrected chi connectivity index (χ0v) is 19.8. The molecule has 5 rings (SSSR count). The molecule has 1 amide bonds. The van der Waals surface area contributed by atoms with Crippen LogP contribution >= 0.6 is 23.8 Å². The second-order valence-electron chi connectivity index (χ2n) is 7.55. The van der Waals surface area contributed by atoms with Crippen molar-refractivity contribution in [1.82, 2.24) is 10.3 Å². The SMILES string of the molecule is O=C(C=Cc1ccc(-c2ccc(Cl)cc2)o1)NC(=S)Nc1ccc(-c2nc3ccccc3o2)cc1. The molecule has 3 aromatic carbocycles. The van der Waals surface area contributed by atoms with Crippen LogP contribution in [0.2, 0.25) is 5.02 Å². The largest absolute Gasteiger partial charge is 0.457 e. The number of nitrogens with one attached hydrogen (secondary N) is 2. The van der Waals surface area contributed by atoms with Crippen LogP contribution in [-0.4, -0.2) is 16.0 Å². The monoisotopic (exact) mass is 499 g/mol. The molecule has 6 nitrogen and oxygen atoms in total. The fourth-order valence-corrected chi connectivity index (χ4v) is 3.72. The Kier molecular flexibility index (Phi) is 6.43. The smallest absolute Gasteiger partial charge is 0.250 e. The Morgan fingerprint density at radius 2 is 1.63 bits per heavy atom. The number of hydrogen-bond donors (Lipinski definition) is 2. The molecule has 0 spiro atoms. The van der Waals surface area contributed by atoms with Gasteiger partial charge in [0.1, 0.15) is 17.0 Å². The zero-order chi connectivity index (χ0) is 24.2. The molecule has 2 heterocycles. The minimum atomic E-state index is -0.380. The number of para-hydroxylation sites is 2. The molecule has 2 N–H and O–H groups in total. The highest BCUT2D eigenvalue weighted by molar-refractivity contribution is 7.80. The first kappa shape index (κ1) is 22.6. The summed E-state index contributed by atoms with van der Waals surface area (Å²) in [5, 5.41) is 6.43. The predicted molar refractivity (Wildman–Crippen MR) is 142 cm³/mol. The average molecular weight is 500 g/mol. The molecule has 0 aliphatic carbocycles. The van der Waals surface area contributed by atoms with Crippen molar-refractivity contribution in [3.63, 3.8) is 0 Å². The number of fused-ring (bicyclic) bond motifs is 1. The number of carbonyl (C=O) groups is 1. The van der Waals surface area contributed by atoms with Crippen molar-refractivity contribution < 1.29 is 13.6 Å². The van der Waals surface area contributed by atoms with E-state index in [1.54, 1.807) is 24.3 Å². The van der Waals surface area contributed by atoms with Crippen LogP contribution in [0.4, 0.5) is 5.69 Å². The molecule has 0 atom stereocenters. The summed E-state index contributed by atoms with van der Waals surface area (Å²) < 4.78 is 11.5. The number of hydrogen-bond acceptors (Lipinski definition) is 5. The Morgan fingerprint density at radius 3 is 2.40 bits per heavy atom. The third-order valence-electron chi connectivity index (χ3n) is 5.07. The van der Waals surface area contributed by atoms with Crippen LogP contribution < -0.4 is 10.6 Å². The van der Waals surface area contributed by atoms with E-state index in [1.807, 2.05) is 66.7 Å². The van der Waals surface area contributed by atoms with Crippen molar-refractivity contribution in [3.8, 4) is 22.8 Å². The molecule has 0 saturated carbocycles. The molecule has 5 aromatic rings. The number of anilines is 1. The first-order valence-electron chi connectivity index (χ1n) is 10.7. The normalized spacial score (nSPS) is 11.1. The maximum absolute atomic E-state index is 12.3. The molecule has 2 aromatic heterocycles. The van der Waals surface area contributed by atoms with Gasteiger partial charge in [0.2, 0.25) is 11.8 Å². The molecule has 35 heavy (non-hydrogen) atoms. The van der Waals surface area contributed by atoms with Gasteiger partial charge in [-0.1, -0.05) is 23.7 Å². The third-order valence-corrected chi connectivity index (χ3v) is 5.53. The van der Waals surface area contributed by atoms with Gasteiger partial charge in [0.15, 0.2) is 10.7 Å². The molecular weight excluding hydrogens is 482 g/mol. The summed E-state index contributed by atoms with van der Waals surface area (Å²) in [6.07, 6.45) is 2.93. The van der Waals surface area contributed by atoms with E-state index in [2.05, 4.69) is 15.6 Å². The zero-order valence-electron chi connectivity index (χ0n) is 18.2. The maximum Gasteiger partial charge on any atom is 0.250 e. The van der Waals surface area contributed by atoms with Crippen molar-refractivity contribution in [3.05, 3.63) is 102 Å². The fourth-order valence-electron chi connectivity index (χ4n) is 3.38. The van der Waals surface area contributed by atoms with E-state index in [1.165, 1.54) is 6.08 Å². The van der Waals surface area contributed by atoms with Crippen molar-refractivity contribution >= 4 is 57.7 Å². The van der Waals surface area contributed by atoms with E-state index in [0.29, 0.717) is 22.4 Å². The maximum atomic E-state index is 12.3. The lowest BCUT2D eigenvalue weighted by molar-refractivity contribution is -0.115. The Balaban J connectivity index is 1.16. The van der Waals surface area contributed by atoms with Crippen molar-refractivity contribution in [2.24, 2.45) is 0 Å². The minimum Gasteiger partial charge on any atom is -0.457 e. The van der Waals surface area contributed by atoms with Crippen molar-refractivity contribution in [2.75, 3.05) is 5.32 Å². The van der Waals surface area contributed by atoms with Crippen molar-refractivity contribution in [2.45, 2.75) is 0 Å². The van der Waals surface area contributed by atoms with Crippen molar-refractivity contribution in [1.29, 1.82) is 0 Å². The number of carbonyl (C=O) groups excluding carboxylic acids is 1. The lowest BCUT2D eigenvalue weighted by atomic mass is 10.2. The van der Waals surface area contributed by atoms with Gasteiger partial charge in [0.25, 0.3) is 0 Å². The van der Waals surface area contributed by atoms with Gasteiger partial charge in [-0.3, -0.25) is 10.1 Å². The van der Waals surface area contributed by atoms with Crippen LogP contribution in [0.5, 0.6) is 0 Å². The second kappa shape index (κ2) is 9.97. The lowest BCUT2D eigenvalue weighted by Crippen LogP contribution is -2.32. The Morgan fingerprint density at radius 1 is 0.886 bits per heavy atom. The first-order valence-corrected chi connectivity index (χ1v) is 11.4.